The fourth-order valence-electron chi connectivity index (χ4n) is 4.26. The van der Waals surface area contributed by atoms with Crippen molar-refractivity contribution in [3.8, 4) is 0 Å². The third-order valence-electron chi connectivity index (χ3n) is 5.76. The summed E-state index contributed by atoms with van der Waals surface area (Å²) in [5.74, 6) is -1.24. The van der Waals surface area contributed by atoms with Crippen LogP contribution < -0.4 is 10.9 Å². The van der Waals surface area contributed by atoms with Crippen molar-refractivity contribution in [3.05, 3.63) is 82.4 Å². The number of hydrogen-bond acceptors (Lipinski definition) is 4. The van der Waals surface area contributed by atoms with E-state index in [1.807, 2.05) is 31.2 Å². The van der Waals surface area contributed by atoms with Gasteiger partial charge in [-0.25, -0.2) is 0 Å². The van der Waals surface area contributed by atoms with E-state index < -0.39 is 36.1 Å². The van der Waals surface area contributed by atoms with Crippen molar-refractivity contribution in [2.45, 2.75) is 57.4 Å². The Labute approximate surface area is 215 Å². The molecular formula is C26H29Cl2N3O4. The van der Waals surface area contributed by atoms with Gasteiger partial charge >= 0.3 is 0 Å². The molecule has 186 valence electrons. The number of hydrogen-bond donors (Lipinski definition) is 2. The molecule has 3 amide bonds. The smallest absolute Gasteiger partial charge is 0.261 e. The van der Waals surface area contributed by atoms with E-state index in [1.165, 1.54) is 6.92 Å². The van der Waals surface area contributed by atoms with Crippen molar-refractivity contribution in [2.75, 3.05) is 0 Å². The maximum atomic E-state index is 13.8. The van der Waals surface area contributed by atoms with Crippen LogP contribution >= 0.6 is 23.2 Å². The van der Waals surface area contributed by atoms with Gasteiger partial charge in [-0.2, -0.15) is 0 Å². The Bertz CT molecular complexity index is 1080. The van der Waals surface area contributed by atoms with Gasteiger partial charge in [-0.15, -0.1) is 6.58 Å². The third-order valence-corrected chi connectivity index (χ3v) is 6.25. The molecule has 0 saturated carbocycles. The molecule has 1 saturated heterocycles. The molecule has 3 rings (SSSR count). The minimum absolute atomic E-state index is 0.270. The fraction of sp³-hybridized carbons (Fsp3) is 0.346. The zero-order valence-electron chi connectivity index (χ0n) is 19.7. The average molecular weight is 518 g/mol. The molecule has 2 aromatic rings. The molecule has 1 aliphatic rings. The van der Waals surface area contributed by atoms with E-state index in [-0.39, 0.29) is 12.3 Å². The summed E-state index contributed by atoms with van der Waals surface area (Å²) in [4.78, 5) is 40.1. The molecule has 0 spiro atoms. The van der Waals surface area contributed by atoms with E-state index in [1.54, 1.807) is 35.2 Å². The summed E-state index contributed by atoms with van der Waals surface area (Å²) in [5, 5.41) is 1.07. The number of morpholine rings is 1. The van der Waals surface area contributed by atoms with E-state index >= 15 is 0 Å². The molecule has 0 aliphatic carbocycles. The van der Waals surface area contributed by atoms with Crippen molar-refractivity contribution >= 4 is 40.9 Å². The normalized spacial score (nSPS) is 20.7. The highest BCUT2D eigenvalue weighted by Gasteiger charge is 2.48. The summed E-state index contributed by atoms with van der Waals surface area (Å²) in [6, 6.07) is 12.8. The van der Waals surface area contributed by atoms with Crippen LogP contribution in [0.15, 0.2) is 61.2 Å². The van der Waals surface area contributed by atoms with Gasteiger partial charge in [0.15, 0.2) is 0 Å². The first-order chi connectivity index (χ1) is 16.8. The first-order valence-electron chi connectivity index (χ1n) is 11.4. The SMILES string of the molecule is C=CC[C@H]1O[C@H](c2cccc(Cl)c2)[C@H](c2ccc(Cl)cc2)N([C@@H](CCC)C(=O)NNC(C)=O)C1=O. The number of carbonyl (C=O) groups is 3. The number of benzene rings is 2. The van der Waals surface area contributed by atoms with Crippen molar-refractivity contribution in [3.63, 3.8) is 0 Å². The molecule has 2 aromatic carbocycles. The molecule has 0 aromatic heterocycles. The Morgan fingerprint density at radius 1 is 1.11 bits per heavy atom. The van der Waals surface area contributed by atoms with Gasteiger partial charge < -0.3 is 9.64 Å². The first-order valence-corrected chi connectivity index (χ1v) is 12.2. The highest BCUT2D eigenvalue weighted by Crippen LogP contribution is 2.44. The summed E-state index contributed by atoms with van der Waals surface area (Å²) in [5.41, 5.74) is 6.28. The van der Waals surface area contributed by atoms with Gasteiger partial charge in [0.1, 0.15) is 18.2 Å². The number of halogens is 2. The molecule has 9 heteroatoms. The standard InChI is InChI=1S/C26H29Cl2N3O4/c1-4-7-21(25(33)30-29-16(3)32)31-23(17-11-13-19(27)14-12-17)24(18-9-6-10-20(28)15-18)35-22(8-5-2)26(31)34/h5-6,9-15,21-24H,2,4,7-8H2,1,3H3,(H,29,32)(H,30,33)/t21-,22+,23-,24+/m0/s1. The lowest BCUT2D eigenvalue weighted by Gasteiger charge is -2.47. The molecule has 2 N–H and O–H groups in total. The lowest BCUT2D eigenvalue weighted by atomic mass is 9.89. The van der Waals surface area contributed by atoms with Crippen LogP contribution in [-0.2, 0) is 19.1 Å². The Balaban J connectivity index is 2.17. The molecule has 1 aliphatic heterocycles. The van der Waals surface area contributed by atoms with E-state index in [0.29, 0.717) is 22.9 Å². The van der Waals surface area contributed by atoms with Crippen LogP contribution in [0, 0.1) is 0 Å². The fourth-order valence-corrected chi connectivity index (χ4v) is 4.58. The molecular weight excluding hydrogens is 489 g/mol. The predicted octanol–water partition coefficient (Wildman–Crippen LogP) is 4.92. The Hall–Kier alpha value is -2.87. The molecule has 1 heterocycles. The van der Waals surface area contributed by atoms with E-state index in [4.69, 9.17) is 27.9 Å². The highest BCUT2D eigenvalue weighted by atomic mass is 35.5. The van der Waals surface area contributed by atoms with Crippen LogP contribution in [0.4, 0.5) is 0 Å². The second kappa shape index (κ2) is 12.2. The molecule has 0 bridgehead atoms. The van der Waals surface area contributed by atoms with E-state index in [0.717, 1.165) is 11.1 Å². The Morgan fingerprint density at radius 2 is 1.83 bits per heavy atom. The van der Waals surface area contributed by atoms with Gasteiger partial charge in [0.25, 0.3) is 11.8 Å². The first kappa shape index (κ1) is 26.7. The van der Waals surface area contributed by atoms with Crippen LogP contribution in [0.25, 0.3) is 0 Å². The van der Waals surface area contributed by atoms with Crippen LogP contribution in [0.2, 0.25) is 10.0 Å². The molecule has 4 atom stereocenters. The number of nitrogens with one attached hydrogen (secondary N) is 2. The second-order valence-corrected chi connectivity index (χ2v) is 9.21. The minimum atomic E-state index is -0.863. The van der Waals surface area contributed by atoms with E-state index in [2.05, 4.69) is 17.4 Å². The number of carbonyl (C=O) groups excluding carboxylic acids is 3. The van der Waals surface area contributed by atoms with Gasteiger partial charge in [0.05, 0.1) is 6.04 Å². The largest absolute Gasteiger partial charge is 0.358 e. The lowest BCUT2D eigenvalue weighted by molar-refractivity contribution is -0.181. The van der Waals surface area contributed by atoms with E-state index in [9.17, 15) is 14.4 Å². The highest BCUT2D eigenvalue weighted by molar-refractivity contribution is 6.30. The summed E-state index contributed by atoms with van der Waals surface area (Å²) in [6.07, 6.45) is 1.43. The molecule has 1 fully saturated rings. The summed E-state index contributed by atoms with van der Waals surface area (Å²) in [6.45, 7) is 6.98. The van der Waals surface area contributed by atoms with Crippen LogP contribution in [0.3, 0.4) is 0 Å². The second-order valence-electron chi connectivity index (χ2n) is 8.34. The summed E-state index contributed by atoms with van der Waals surface area (Å²) < 4.78 is 6.36. The minimum Gasteiger partial charge on any atom is -0.358 e. The average Bonchev–Trinajstić information content (AvgIpc) is 2.83. The number of amides is 3. The topological polar surface area (TPSA) is 87.7 Å². The summed E-state index contributed by atoms with van der Waals surface area (Å²) in [7, 11) is 0. The van der Waals surface area contributed by atoms with Crippen molar-refractivity contribution in [2.24, 2.45) is 0 Å². The number of ether oxygens (including phenoxy) is 1. The van der Waals surface area contributed by atoms with Gasteiger partial charge in [0.2, 0.25) is 5.91 Å². The van der Waals surface area contributed by atoms with Crippen molar-refractivity contribution in [1.82, 2.24) is 15.8 Å². The lowest BCUT2D eigenvalue weighted by Crippen LogP contribution is -2.60. The third kappa shape index (κ3) is 6.42. The maximum absolute atomic E-state index is 13.8. The Morgan fingerprint density at radius 3 is 2.43 bits per heavy atom. The van der Waals surface area contributed by atoms with Crippen molar-refractivity contribution in [1.29, 1.82) is 0 Å². The monoisotopic (exact) mass is 517 g/mol. The van der Waals surface area contributed by atoms with Crippen LogP contribution in [-0.4, -0.2) is 34.8 Å². The molecule has 7 nitrogen and oxygen atoms in total. The van der Waals surface area contributed by atoms with Crippen LogP contribution in [0.5, 0.6) is 0 Å². The zero-order valence-corrected chi connectivity index (χ0v) is 21.2. The predicted molar refractivity (Wildman–Crippen MR) is 136 cm³/mol. The van der Waals surface area contributed by atoms with Gasteiger partial charge in [-0.05, 0) is 41.8 Å². The zero-order chi connectivity index (χ0) is 25.5. The number of nitrogens with zero attached hydrogens (tertiary/aromatic N) is 1. The van der Waals surface area contributed by atoms with Crippen molar-refractivity contribution < 1.29 is 19.1 Å². The quantitative estimate of drug-likeness (QED) is 0.384. The van der Waals surface area contributed by atoms with Crippen LogP contribution in [0.1, 0.15) is 56.4 Å². The van der Waals surface area contributed by atoms with Gasteiger partial charge in [-0.3, -0.25) is 25.2 Å². The molecule has 0 radical (unpaired) electrons. The number of hydrazine groups is 1. The molecule has 0 unspecified atom stereocenters. The molecule has 35 heavy (non-hydrogen) atoms. The summed E-state index contributed by atoms with van der Waals surface area (Å²) >= 11 is 12.4. The number of rotatable bonds is 8. The maximum Gasteiger partial charge on any atom is 0.261 e. The van der Waals surface area contributed by atoms with Gasteiger partial charge in [-0.1, -0.05) is 66.9 Å². The van der Waals surface area contributed by atoms with Gasteiger partial charge in [0, 0.05) is 23.4 Å². The Kier molecular flexibility index (Phi) is 9.32.